The average molecular weight is 244 g/mol. The van der Waals surface area contributed by atoms with Crippen LogP contribution in [0.5, 0.6) is 0 Å². The van der Waals surface area contributed by atoms with Gasteiger partial charge >= 0.3 is 0 Å². The molecule has 0 spiro atoms. The van der Waals surface area contributed by atoms with Crippen LogP contribution in [0.2, 0.25) is 0 Å². The minimum Gasteiger partial charge on any atom is -0.312 e. The number of alkyl halides is 1. The summed E-state index contributed by atoms with van der Waals surface area (Å²) < 4.78 is 0. The van der Waals surface area contributed by atoms with E-state index in [-0.39, 0.29) is 0 Å². The molecule has 2 saturated carbocycles. The summed E-state index contributed by atoms with van der Waals surface area (Å²) in [7, 11) is 0. The van der Waals surface area contributed by atoms with E-state index >= 15 is 0 Å². The summed E-state index contributed by atoms with van der Waals surface area (Å²) in [6, 6.07) is 0.529. The molecule has 2 rings (SSSR count). The zero-order valence-electron chi connectivity index (χ0n) is 10.7. The largest absolute Gasteiger partial charge is 0.312 e. The molecule has 0 radical (unpaired) electrons. The van der Waals surface area contributed by atoms with Gasteiger partial charge in [0.05, 0.1) is 0 Å². The first kappa shape index (κ1) is 12.7. The number of hydrogen-bond donors (Lipinski definition) is 1. The summed E-state index contributed by atoms with van der Waals surface area (Å²) in [6.07, 6.45) is 7.21. The fraction of sp³-hybridized carbons (Fsp3) is 1.00. The van der Waals surface area contributed by atoms with Crippen molar-refractivity contribution in [3.63, 3.8) is 0 Å². The van der Waals surface area contributed by atoms with E-state index in [4.69, 9.17) is 11.6 Å². The maximum atomic E-state index is 6.01. The van der Waals surface area contributed by atoms with Crippen molar-refractivity contribution in [2.75, 3.05) is 12.4 Å². The number of hydrogen-bond acceptors (Lipinski definition) is 1. The van der Waals surface area contributed by atoms with Crippen LogP contribution in [0.15, 0.2) is 0 Å². The van der Waals surface area contributed by atoms with Gasteiger partial charge in [-0.05, 0) is 55.9 Å². The van der Waals surface area contributed by atoms with Crippen LogP contribution in [0.1, 0.15) is 46.0 Å². The number of rotatable bonds is 6. The molecule has 0 aliphatic heterocycles. The molecule has 1 N–H and O–H groups in total. The lowest BCUT2D eigenvalue weighted by Gasteiger charge is -2.25. The Hall–Kier alpha value is 0.250. The van der Waals surface area contributed by atoms with Gasteiger partial charge in [0, 0.05) is 11.9 Å². The minimum absolute atomic E-state index is 0.529. The third-order valence-corrected chi connectivity index (χ3v) is 4.87. The number of nitrogens with one attached hydrogen (secondary N) is 1. The monoisotopic (exact) mass is 243 g/mol. The highest BCUT2D eigenvalue weighted by molar-refractivity contribution is 6.18. The highest BCUT2D eigenvalue weighted by atomic mass is 35.5. The molecule has 0 saturated heterocycles. The molecule has 2 aliphatic carbocycles. The van der Waals surface area contributed by atoms with Crippen molar-refractivity contribution in [3.05, 3.63) is 0 Å². The van der Waals surface area contributed by atoms with Gasteiger partial charge in [-0.2, -0.15) is 0 Å². The Morgan fingerprint density at radius 3 is 2.56 bits per heavy atom. The Morgan fingerprint density at radius 2 is 2.06 bits per heavy atom. The Bertz CT molecular complexity index is 217. The van der Waals surface area contributed by atoms with Crippen molar-refractivity contribution in [3.8, 4) is 0 Å². The smallest absolute Gasteiger partial charge is 0.0377 e. The third kappa shape index (κ3) is 3.13. The Balaban J connectivity index is 1.70. The van der Waals surface area contributed by atoms with Crippen LogP contribution in [-0.2, 0) is 0 Å². The second-order valence-electron chi connectivity index (χ2n) is 6.32. The van der Waals surface area contributed by atoms with Gasteiger partial charge in [0.1, 0.15) is 0 Å². The van der Waals surface area contributed by atoms with Crippen LogP contribution in [0.25, 0.3) is 0 Å². The quantitative estimate of drug-likeness (QED) is 0.702. The predicted molar refractivity (Wildman–Crippen MR) is 70.9 cm³/mol. The number of fused-ring (bicyclic) bond motifs is 2. The maximum absolute atomic E-state index is 6.01. The highest BCUT2D eigenvalue weighted by Gasteiger charge is 2.39. The molecule has 16 heavy (non-hydrogen) atoms. The first-order valence-electron chi connectivity index (χ1n) is 6.98. The maximum Gasteiger partial charge on any atom is 0.0377 e. The predicted octanol–water partition coefficient (Wildman–Crippen LogP) is 3.67. The van der Waals surface area contributed by atoms with E-state index in [1.807, 2.05) is 0 Å². The Labute approximate surface area is 105 Å². The zero-order valence-corrected chi connectivity index (χ0v) is 11.5. The van der Waals surface area contributed by atoms with Crippen LogP contribution in [-0.4, -0.2) is 18.5 Å². The van der Waals surface area contributed by atoms with Gasteiger partial charge in [0.25, 0.3) is 0 Å². The summed E-state index contributed by atoms with van der Waals surface area (Å²) in [5, 5.41) is 3.70. The lowest BCUT2D eigenvalue weighted by molar-refractivity contribution is 0.301. The van der Waals surface area contributed by atoms with Gasteiger partial charge < -0.3 is 5.32 Å². The molecular formula is C14H26ClN. The van der Waals surface area contributed by atoms with E-state index in [2.05, 4.69) is 19.2 Å². The summed E-state index contributed by atoms with van der Waals surface area (Å²) in [6.45, 7) is 5.77. The lowest BCUT2D eigenvalue weighted by Crippen LogP contribution is -2.37. The molecule has 0 aromatic carbocycles. The van der Waals surface area contributed by atoms with Crippen molar-refractivity contribution in [1.82, 2.24) is 5.32 Å². The minimum atomic E-state index is 0.529. The topological polar surface area (TPSA) is 12.0 Å². The summed E-state index contributed by atoms with van der Waals surface area (Å²) in [5.74, 6) is 4.57. The zero-order chi connectivity index (χ0) is 11.5. The van der Waals surface area contributed by atoms with E-state index in [1.165, 1.54) is 38.6 Å². The van der Waals surface area contributed by atoms with Gasteiger partial charge in [-0.15, -0.1) is 11.6 Å². The van der Waals surface area contributed by atoms with Crippen LogP contribution < -0.4 is 5.32 Å². The van der Waals surface area contributed by atoms with Crippen molar-refractivity contribution in [2.45, 2.75) is 52.0 Å². The molecule has 2 aliphatic rings. The van der Waals surface area contributed by atoms with Crippen molar-refractivity contribution >= 4 is 11.6 Å². The van der Waals surface area contributed by atoms with Crippen molar-refractivity contribution < 1.29 is 0 Å². The second kappa shape index (κ2) is 5.73. The molecular weight excluding hydrogens is 218 g/mol. The van der Waals surface area contributed by atoms with E-state index in [0.717, 1.165) is 29.6 Å². The lowest BCUT2D eigenvalue weighted by atomic mass is 9.88. The van der Waals surface area contributed by atoms with Crippen LogP contribution in [0.3, 0.4) is 0 Å². The molecule has 2 fully saturated rings. The van der Waals surface area contributed by atoms with E-state index < -0.39 is 0 Å². The molecule has 0 aromatic rings. The fourth-order valence-electron chi connectivity index (χ4n) is 3.71. The first-order chi connectivity index (χ1) is 7.69. The van der Waals surface area contributed by atoms with Crippen molar-refractivity contribution in [2.24, 2.45) is 23.7 Å². The van der Waals surface area contributed by atoms with Crippen molar-refractivity contribution in [1.29, 1.82) is 0 Å². The van der Waals surface area contributed by atoms with E-state index in [1.54, 1.807) is 0 Å². The molecule has 4 unspecified atom stereocenters. The van der Waals surface area contributed by atoms with Gasteiger partial charge in [-0.1, -0.05) is 20.3 Å². The van der Waals surface area contributed by atoms with E-state index in [9.17, 15) is 0 Å². The molecule has 2 heteroatoms. The van der Waals surface area contributed by atoms with Gasteiger partial charge in [0.15, 0.2) is 0 Å². The molecule has 0 amide bonds. The normalized spacial score (nSPS) is 34.9. The third-order valence-electron chi connectivity index (χ3n) is 4.50. The Morgan fingerprint density at radius 1 is 1.25 bits per heavy atom. The molecule has 2 bridgehead atoms. The standard InChI is InChI=1S/C14H26ClN/c1-10(2)5-14(8-15)16-9-13-7-11-3-4-12(13)6-11/h10-14,16H,3-9H2,1-2H3. The van der Waals surface area contributed by atoms with Gasteiger partial charge in [-0.25, -0.2) is 0 Å². The van der Waals surface area contributed by atoms with Crippen LogP contribution in [0, 0.1) is 23.7 Å². The molecule has 1 nitrogen and oxygen atoms in total. The summed E-state index contributed by atoms with van der Waals surface area (Å²) in [4.78, 5) is 0. The van der Waals surface area contributed by atoms with Crippen LogP contribution >= 0.6 is 11.6 Å². The number of halogens is 1. The highest BCUT2D eigenvalue weighted by Crippen LogP contribution is 2.47. The molecule has 94 valence electrons. The SMILES string of the molecule is CC(C)CC(CCl)NCC1CC2CCC1C2. The van der Waals surface area contributed by atoms with Gasteiger partial charge in [-0.3, -0.25) is 0 Å². The average Bonchev–Trinajstić information content (AvgIpc) is 2.85. The summed E-state index contributed by atoms with van der Waals surface area (Å²) in [5.41, 5.74) is 0. The second-order valence-corrected chi connectivity index (χ2v) is 6.63. The molecule has 4 atom stereocenters. The Kier molecular flexibility index (Phi) is 4.55. The van der Waals surface area contributed by atoms with Crippen LogP contribution in [0.4, 0.5) is 0 Å². The summed E-state index contributed by atoms with van der Waals surface area (Å²) >= 11 is 6.01. The first-order valence-corrected chi connectivity index (χ1v) is 7.51. The van der Waals surface area contributed by atoms with E-state index in [0.29, 0.717) is 6.04 Å². The molecule has 0 heterocycles. The van der Waals surface area contributed by atoms with Gasteiger partial charge in [0.2, 0.25) is 0 Å². The molecule has 0 aromatic heterocycles. The fourth-order valence-corrected chi connectivity index (χ4v) is 3.95.